The quantitative estimate of drug-likeness (QED) is 0.210. The molecule has 1 heterocycles. The fourth-order valence-corrected chi connectivity index (χ4v) is 3.37. The van der Waals surface area contributed by atoms with E-state index in [4.69, 9.17) is 15.9 Å². The van der Waals surface area contributed by atoms with Gasteiger partial charge in [0.05, 0.1) is 29.2 Å². The van der Waals surface area contributed by atoms with Gasteiger partial charge >= 0.3 is 5.69 Å². The van der Waals surface area contributed by atoms with Crippen LogP contribution in [0.5, 0.6) is 11.5 Å². The van der Waals surface area contributed by atoms with Gasteiger partial charge in [-0.2, -0.15) is 9.78 Å². The van der Waals surface area contributed by atoms with Gasteiger partial charge in [0.1, 0.15) is 12.4 Å². The second kappa shape index (κ2) is 9.62. The summed E-state index contributed by atoms with van der Waals surface area (Å²) >= 11 is 3.36. The molecule has 0 bridgehead atoms. The third-order valence-corrected chi connectivity index (χ3v) is 4.94. The first-order chi connectivity index (χ1) is 15.3. The molecule has 0 unspecified atom stereocenters. The number of terminal acetylenes is 1. The summed E-state index contributed by atoms with van der Waals surface area (Å²) in [6.45, 7) is 3.63. The van der Waals surface area contributed by atoms with Gasteiger partial charge in [0.2, 0.25) is 5.75 Å². The highest BCUT2D eigenvalue weighted by Crippen LogP contribution is 2.38. The smallest absolute Gasteiger partial charge is 0.315 e. The van der Waals surface area contributed by atoms with Crippen molar-refractivity contribution in [1.29, 1.82) is 0 Å². The summed E-state index contributed by atoms with van der Waals surface area (Å²) in [5.41, 5.74) is 0.197. The molecule has 0 aliphatic carbocycles. The highest BCUT2D eigenvalue weighted by Gasteiger charge is 2.22. The van der Waals surface area contributed by atoms with Crippen LogP contribution in [-0.2, 0) is 0 Å². The van der Waals surface area contributed by atoms with Gasteiger partial charge in [0.25, 0.3) is 5.56 Å². The molecule has 2 aromatic carbocycles. The summed E-state index contributed by atoms with van der Waals surface area (Å²) < 4.78 is 12.5. The summed E-state index contributed by atoms with van der Waals surface area (Å²) in [5, 5.41) is 16.2. The molecule has 0 radical (unpaired) electrons. The fraction of sp³-hybridized carbons (Fsp3) is 0.227. The monoisotopic (exact) mass is 498 g/mol. The maximum absolute atomic E-state index is 13.1. The first-order valence-corrected chi connectivity index (χ1v) is 10.2. The Morgan fingerprint density at radius 1 is 1.38 bits per heavy atom. The van der Waals surface area contributed by atoms with E-state index >= 15 is 0 Å². The molecule has 0 aliphatic rings. The molecule has 9 nitrogen and oxygen atoms in total. The minimum atomic E-state index is -0.605. The van der Waals surface area contributed by atoms with Crippen LogP contribution >= 0.6 is 15.9 Å². The second-order valence-electron chi connectivity index (χ2n) is 6.97. The lowest BCUT2D eigenvalue weighted by atomic mass is 10.1. The van der Waals surface area contributed by atoms with Gasteiger partial charge in [-0.25, -0.2) is 4.98 Å². The van der Waals surface area contributed by atoms with Crippen LogP contribution in [0.2, 0.25) is 0 Å². The largest absolute Gasteiger partial charge is 0.493 e. The number of nitro groups is 1. The molecule has 32 heavy (non-hydrogen) atoms. The SMILES string of the molecule is C#CCOc1c(OC)cc(C=Nn2c(C(C)C)nc3ccc(Br)cc3c2=O)cc1[N+](=O)[O-]. The number of methoxy groups -OCH3 is 1. The lowest BCUT2D eigenvalue weighted by molar-refractivity contribution is -0.385. The first-order valence-electron chi connectivity index (χ1n) is 9.46. The van der Waals surface area contributed by atoms with Crippen molar-refractivity contribution in [3.8, 4) is 23.8 Å². The Morgan fingerprint density at radius 2 is 2.12 bits per heavy atom. The van der Waals surface area contributed by atoms with Crippen molar-refractivity contribution in [3.05, 3.63) is 66.7 Å². The molecular formula is C22H19BrN4O5. The number of fused-ring (bicyclic) bond motifs is 1. The van der Waals surface area contributed by atoms with Gasteiger partial charge < -0.3 is 9.47 Å². The molecule has 0 saturated heterocycles. The van der Waals surface area contributed by atoms with Crippen molar-refractivity contribution < 1.29 is 14.4 Å². The van der Waals surface area contributed by atoms with Crippen LogP contribution in [0, 0.1) is 22.5 Å². The molecule has 3 rings (SSSR count). The van der Waals surface area contributed by atoms with Crippen molar-refractivity contribution in [3.63, 3.8) is 0 Å². The summed E-state index contributed by atoms with van der Waals surface area (Å²) in [4.78, 5) is 28.6. The van der Waals surface area contributed by atoms with Crippen LogP contribution in [0.1, 0.15) is 31.2 Å². The van der Waals surface area contributed by atoms with Gasteiger partial charge in [-0.1, -0.05) is 35.7 Å². The van der Waals surface area contributed by atoms with Gasteiger partial charge in [0.15, 0.2) is 5.75 Å². The second-order valence-corrected chi connectivity index (χ2v) is 7.88. The average Bonchev–Trinajstić information content (AvgIpc) is 2.76. The van der Waals surface area contributed by atoms with E-state index in [-0.39, 0.29) is 35.3 Å². The highest BCUT2D eigenvalue weighted by molar-refractivity contribution is 9.10. The van der Waals surface area contributed by atoms with E-state index in [0.717, 1.165) is 4.47 Å². The van der Waals surface area contributed by atoms with Gasteiger partial charge in [-0.3, -0.25) is 14.9 Å². The maximum Gasteiger partial charge on any atom is 0.315 e. The molecule has 0 atom stereocenters. The molecule has 0 spiro atoms. The Hall–Kier alpha value is -3.71. The Balaban J connectivity index is 2.16. The summed E-state index contributed by atoms with van der Waals surface area (Å²) in [6, 6.07) is 8.01. The maximum atomic E-state index is 13.1. The number of rotatable bonds is 7. The molecule has 0 N–H and O–H groups in total. The van der Waals surface area contributed by atoms with Gasteiger partial charge in [-0.05, 0) is 24.3 Å². The number of benzene rings is 2. The Morgan fingerprint density at radius 3 is 2.75 bits per heavy atom. The number of nitrogens with zero attached hydrogens (tertiary/aromatic N) is 4. The molecule has 1 aromatic heterocycles. The van der Waals surface area contributed by atoms with E-state index < -0.39 is 4.92 Å². The first kappa shape index (κ1) is 23.0. The zero-order chi connectivity index (χ0) is 23.4. The Labute approximate surface area is 192 Å². The number of hydrogen-bond donors (Lipinski definition) is 0. The van der Waals surface area contributed by atoms with Crippen molar-refractivity contribution in [1.82, 2.24) is 9.66 Å². The molecule has 0 aliphatic heterocycles. The van der Waals surface area contributed by atoms with Crippen LogP contribution in [0.15, 0.2) is 44.7 Å². The van der Waals surface area contributed by atoms with Crippen molar-refractivity contribution in [2.75, 3.05) is 13.7 Å². The molecule has 10 heteroatoms. The number of hydrogen-bond acceptors (Lipinski definition) is 7. The van der Waals surface area contributed by atoms with E-state index in [0.29, 0.717) is 22.3 Å². The van der Waals surface area contributed by atoms with E-state index in [1.54, 1.807) is 12.1 Å². The highest BCUT2D eigenvalue weighted by atomic mass is 79.9. The minimum absolute atomic E-state index is 0.0788. The zero-order valence-corrected chi connectivity index (χ0v) is 19.1. The molecular weight excluding hydrogens is 480 g/mol. The number of halogens is 1. The summed E-state index contributed by atoms with van der Waals surface area (Å²) in [7, 11) is 1.36. The van der Waals surface area contributed by atoms with E-state index in [1.165, 1.54) is 30.1 Å². The lowest BCUT2D eigenvalue weighted by Gasteiger charge is -2.12. The number of nitro benzene ring substituents is 1. The number of ether oxygens (including phenoxy) is 2. The van der Waals surface area contributed by atoms with Gasteiger partial charge in [-0.15, -0.1) is 6.42 Å². The third kappa shape index (κ3) is 4.63. The molecule has 0 saturated carbocycles. The standard InChI is InChI=1S/C22H19BrN4O5/c1-5-8-32-20-18(27(29)30)9-14(10-19(20)31-4)12-24-26-21(13(2)3)25-17-7-6-15(23)11-16(17)22(26)28/h1,6-7,9-13H,8H2,2-4H3. The van der Waals surface area contributed by atoms with Crippen molar-refractivity contribution >= 4 is 38.7 Å². The summed E-state index contributed by atoms with van der Waals surface area (Å²) in [5.74, 6) is 2.66. The Bertz CT molecular complexity index is 1320. The molecule has 0 fully saturated rings. The predicted molar refractivity (Wildman–Crippen MR) is 125 cm³/mol. The minimum Gasteiger partial charge on any atom is -0.493 e. The van der Waals surface area contributed by atoms with E-state index in [2.05, 4.69) is 31.9 Å². The van der Waals surface area contributed by atoms with E-state index in [1.807, 2.05) is 19.9 Å². The third-order valence-electron chi connectivity index (χ3n) is 4.45. The Kier molecular flexibility index (Phi) is 6.90. The van der Waals surface area contributed by atoms with Crippen LogP contribution in [-0.4, -0.2) is 34.5 Å². The fourth-order valence-electron chi connectivity index (χ4n) is 3.00. The van der Waals surface area contributed by atoms with Crippen LogP contribution < -0.4 is 15.0 Å². The zero-order valence-electron chi connectivity index (χ0n) is 17.5. The van der Waals surface area contributed by atoms with Crippen LogP contribution in [0.4, 0.5) is 5.69 Å². The molecule has 164 valence electrons. The predicted octanol–water partition coefficient (Wildman–Crippen LogP) is 4.09. The van der Waals surface area contributed by atoms with Crippen LogP contribution in [0.25, 0.3) is 10.9 Å². The lowest BCUT2D eigenvalue weighted by Crippen LogP contribution is -2.23. The average molecular weight is 499 g/mol. The normalized spacial score (nSPS) is 11.1. The number of aromatic nitrogens is 2. The van der Waals surface area contributed by atoms with Crippen LogP contribution in [0.3, 0.4) is 0 Å². The molecule has 3 aromatic rings. The van der Waals surface area contributed by atoms with Gasteiger partial charge in [0, 0.05) is 22.0 Å². The topological polar surface area (TPSA) is 109 Å². The van der Waals surface area contributed by atoms with Crippen molar-refractivity contribution in [2.45, 2.75) is 19.8 Å². The molecule has 0 amide bonds. The van der Waals surface area contributed by atoms with Crippen molar-refractivity contribution in [2.24, 2.45) is 5.10 Å². The summed E-state index contributed by atoms with van der Waals surface area (Å²) in [6.07, 6.45) is 6.52. The van der Waals surface area contributed by atoms with E-state index in [9.17, 15) is 14.9 Å².